The van der Waals surface area contributed by atoms with Crippen LogP contribution in [0, 0.1) is 6.92 Å². The van der Waals surface area contributed by atoms with Crippen molar-refractivity contribution in [3.8, 4) is 5.75 Å². The number of anilines is 1. The topological polar surface area (TPSA) is 96.7 Å². The van der Waals surface area contributed by atoms with E-state index in [9.17, 15) is 14.7 Å². The van der Waals surface area contributed by atoms with Gasteiger partial charge >= 0.3 is 0 Å². The molecular formula is C26H32N4O4S. The molecular weight excluding hydrogens is 464 g/mol. The Balaban J connectivity index is 1.33. The fourth-order valence-corrected chi connectivity index (χ4v) is 6.26. The number of piperidine rings is 1. The maximum Gasteiger partial charge on any atom is 0.265 e. The third-order valence-electron chi connectivity index (χ3n) is 7.15. The van der Waals surface area contributed by atoms with Crippen molar-refractivity contribution in [2.75, 3.05) is 25.5 Å². The van der Waals surface area contributed by atoms with Crippen LogP contribution in [-0.2, 0) is 0 Å². The molecule has 8 nitrogen and oxygen atoms in total. The average Bonchev–Trinajstić information content (AvgIpc) is 3.45. The smallest absolute Gasteiger partial charge is 0.265 e. The van der Waals surface area contributed by atoms with Crippen LogP contribution in [-0.4, -0.2) is 57.9 Å². The van der Waals surface area contributed by atoms with Gasteiger partial charge in [-0.1, -0.05) is 19.3 Å². The predicted molar refractivity (Wildman–Crippen MR) is 137 cm³/mol. The summed E-state index contributed by atoms with van der Waals surface area (Å²) in [4.78, 5) is 29.5. The minimum absolute atomic E-state index is 0.126. The number of fused-ring (bicyclic) bond motifs is 1. The quantitative estimate of drug-likeness (QED) is 0.530. The summed E-state index contributed by atoms with van der Waals surface area (Å²) in [6.45, 7) is 3.04. The van der Waals surface area contributed by atoms with E-state index < -0.39 is 0 Å². The number of likely N-dealkylation sites (tertiary alicyclic amines) is 1. The average molecular weight is 497 g/mol. The molecule has 0 atom stereocenters. The number of carbonyl (C=O) groups is 2. The molecule has 186 valence electrons. The van der Waals surface area contributed by atoms with Gasteiger partial charge < -0.3 is 20.1 Å². The van der Waals surface area contributed by atoms with Crippen LogP contribution in [0.15, 0.2) is 24.3 Å². The van der Waals surface area contributed by atoms with E-state index in [0.717, 1.165) is 28.8 Å². The van der Waals surface area contributed by atoms with E-state index in [1.165, 1.54) is 37.7 Å². The molecule has 35 heavy (non-hydrogen) atoms. The first-order valence-corrected chi connectivity index (χ1v) is 13.2. The van der Waals surface area contributed by atoms with Gasteiger partial charge in [0.2, 0.25) is 0 Å². The summed E-state index contributed by atoms with van der Waals surface area (Å²) in [5, 5.41) is 18.5. The number of hydrogen-bond donors (Lipinski definition) is 2. The minimum atomic E-state index is -0.345. The number of rotatable bonds is 5. The van der Waals surface area contributed by atoms with Gasteiger partial charge in [-0.2, -0.15) is 5.10 Å². The van der Waals surface area contributed by atoms with Gasteiger partial charge in [0.15, 0.2) is 0 Å². The SMILES string of the molecule is COc1cc(NC(=O)c2cc3c(C)nn(C4CCCCC4)c3s2)ccc1C(=O)N1CCC(O)CC1. The van der Waals surface area contributed by atoms with Crippen molar-refractivity contribution in [2.24, 2.45) is 0 Å². The summed E-state index contributed by atoms with van der Waals surface area (Å²) in [7, 11) is 1.52. The highest BCUT2D eigenvalue weighted by Crippen LogP contribution is 2.36. The van der Waals surface area contributed by atoms with Gasteiger partial charge in [-0.3, -0.25) is 14.3 Å². The Morgan fingerprint density at radius 2 is 1.86 bits per heavy atom. The number of aromatic nitrogens is 2. The van der Waals surface area contributed by atoms with Crippen LogP contribution in [0.4, 0.5) is 5.69 Å². The molecule has 2 fully saturated rings. The molecule has 3 aromatic rings. The van der Waals surface area contributed by atoms with E-state index >= 15 is 0 Å². The number of nitrogens with zero attached hydrogens (tertiary/aromatic N) is 3. The van der Waals surface area contributed by atoms with Gasteiger partial charge in [0, 0.05) is 30.2 Å². The molecule has 1 aromatic carbocycles. The maximum absolute atomic E-state index is 13.1. The Labute approximate surface area is 208 Å². The first-order chi connectivity index (χ1) is 16.9. The first-order valence-electron chi connectivity index (χ1n) is 12.4. The highest BCUT2D eigenvalue weighted by atomic mass is 32.1. The largest absolute Gasteiger partial charge is 0.496 e. The van der Waals surface area contributed by atoms with Crippen LogP contribution in [0.2, 0.25) is 0 Å². The van der Waals surface area contributed by atoms with E-state index in [-0.39, 0.29) is 17.9 Å². The monoisotopic (exact) mass is 496 g/mol. The molecule has 0 bridgehead atoms. The molecule has 1 saturated heterocycles. The fourth-order valence-electron chi connectivity index (χ4n) is 5.13. The molecule has 0 unspecified atom stereocenters. The second kappa shape index (κ2) is 9.99. The van der Waals surface area contributed by atoms with Crippen LogP contribution in [0.1, 0.15) is 76.7 Å². The van der Waals surface area contributed by atoms with Crippen molar-refractivity contribution >= 4 is 39.1 Å². The Hall–Kier alpha value is -2.91. The lowest BCUT2D eigenvalue weighted by Gasteiger charge is -2.30. The third kappa shape index (κ3) is 4.79. The number of ether oxygens (including phenoxy) is 1. The fraction of sp³-hybridized carbons (Fsp3) is 0.500. The Bertz CT molecular complexity index is 1240. The zero-order valence-electron chi connectivity index (χ0n) is 20.2. The molecule has 2 aromatic heterocycles. The van der Waals surface area contributed by atoms with E-state index in [4.69, 9.17) is 9.84 Å². The number of aryl methyl sites for hydroxylation is 1. The van der Waals surface area contributed by atoms with E-state index in [0.29, 0.717) is 53.9 Å². The number of amides is 2. The Morgan fingerprint density at radius 1 is 1.11 bits per heavy atom. The lowest BCUT2D eigenvalue weighted by molar-refractivity contribution is 0.0544. The Morgan fingerprint density at radius 3 is 2.57 bits per heavy atom. The van der Waals surface area contributed by atoms with Crippen LogP contribution >= 0.6 is 11.3 Å². The zero-order valence-corrected chi connectivity index (χ0v) is 21.1. The van der Waals surface area contributed by atoms with Crippen molar-refractivity contribution in [1.29, 1.82) is 0 Å². The minimum Gasteiger partial charge on any atom is -0.496 e. The number of benzene rings is 1. The van der Waals surface area contributed by atoms with Crippen LogP contribution in [0.25, 0.3) is 10.2 Å². The van der Waals surface area contributed by atoms with Gasteiger partial charge in [-0.25, -0.2) is 0 Å². The second-order valence-electron chi connectivity index (χ2n) is 9.54. The van der Waals surface area contributed by atoms with Crippen LogP contribution in [0.5, 0.6) is 5.75 Å². The summed E-state index contributed by atoms with van der Waals surface area (Å²) >= 11 is 1.48. The van der Waals surface area contributed by atoms with Crippen molar-refractivity contribution in [2.45, 2.75) is 64.0 Å². The van der Waals surface area contributed by atoms with Gasteiger partial charge in [-0.15, -0.1) is 11.3 Å². The van der Waals surface area contributed by atoms with Gasteiger partial charge in [-0.05, 0) is 50.8 Å². The number of hydrogen-bond acceptors (Lipinski definition) is 6. The molecule has 3 heterocycles. The van der Waals surface area contributed by atoms with Crippen molar-refractivity contribution in [3.63, 3.8) is 0 Å². The van der Waals surface area contributed by atoms with E-state index in [1.807, 2.05) is 13.0 Å². The van der Waals surface area contributed by atoms with Gasteiger partial charge in [0.25, 0.3) is 11.8 Å². The standard InChI is InChI=1S/C26H32N4O4S/c1-16-21-15-23(35-26(21)30(28-16)18-6-4-3-5-7-18)24(32)27-17-8-9-20(22(14-17)34-2)25(33)29-12-10-19(31)11-13-29/h8-9,14-15,18-19,31H,3-7,10-13H2,1-2H3,(H,27,32). The second-order valence-corrected chi connectivity index (χ2v) is 10.6. The van der Waals surface area contributed by atoms with E-state index in [2.05, 4.69) is 10.00 Å². The molecule has 2 N–H and O–H groups in total. The summed E-state index contributed by atoms with van der Waals surface area (Å²) in [5.74, 6) is 0.102. The van der Waals surface area contributed by atoms with Gasteiger partial charge in [0.1, 0.15) is 10.6 Å². The predicted octanol–water partition coefficient (Wildman–Crippen LogP) is 4.77. The van der Waals surface area contributed by atoms with Gasteiger partial charge in [0.05, 0.1) is 35.4 Å². The lowest BCUT2D eigenvalue weighted by Crippen LogP contribution is -2.40. The van der Waals surface area contributed by atoms with Crippen molar-refractivity contribution < 1.29 is 19.4 Å². The first kappa shape index (κ1) is 23.8. The molecule has 0 spiro atoms. The van der Waals surface area contributed by atoms with E-state index in [1.54, 1.807) is 23.1 Å². The number of thiophene rings is 1. The molecule has 0 radical (unpaired) electrons. The normalized spacial score (nSPS) is 17.6. The summed E-state index contributed by atoms with van der Waals surface area (Å²) in [6, 6.07) is 7.45. The molecule has 9 heteroatoms. The number of aliphatic hydroxyl groups is 1. The number of methoxy groups -OCH3 is 1. The van der Waals surface area contributed by atoms with Crippen LogP contribution < -0.4 is 10.1 Å². The van der Waals surface area contributed by atoms with Crippen molar-refractivity contribution in [1.82, 2.24) is 14.7 Å². The summed E-state index contributed by atoms with van der Waals surface area (Å²) < 4.78 is 7.62. The lowest BCUT2D eigenvalue weighted by atomic mass is 9.96. The molecule has 1 aliphatic heterocycles. The molecule has 5 rings (SSSR count). The third-order valence-corrected chi connectivity index (χ3v) is 8.28. The maximum atomic E-state index is 13.1. The zero-order chi connectivity index (χ0) is 24.5. The van der Waals surface area contributed by atoms with Crippen LogP contribution in [0.3, 0.4) is 0 Å². The van der Waals surface area contributed by atoms with Crippen molar-refractivity contribution in [3.05, 3.63) is 40.4 Å². The molecule has 2 amide bonds. The number of aliphatic hydroxyl groups excluding tert-OH is 1. The molecule has 2 aliphatic rings. The highest BCUT2D eigenvalue weighted by Gasteiger charge is 2.26. The highest BCUT2D eigenvalue weighted by molar-refractivity contribution is 7.20. The number of nitrogens with one attached hydrogen (secondary N) is 1. The number of carbonyl (C=O) groups excluding carboxylic acids is 2. The molecule has 1 aliphatic carbocycles. The summed E-state index contributed by atoms with van der Waals surface area (Å²) in [5.41, 5.74) is 1.98. The summed E-state index contributed by atoms with van der Waals surface area (Å²) in [6.07, 6.45) is 6.82. The Kier molecular flexibility index (Phi) is 6.80. The molecule has 1 saturated carbocycles.